The van der Waals surface area contributed by atoms with E-state index in [9.17, 15) is 28.2 Å². The van der Waals surface area contributed by atoms with Crippen LogP contribution in [0.25, 0.3) is 0 Å². The molecule has 0 aromatic carbocycles. The smallest absolute Gasteiger partial charge is 0.475 e. The number of β-amino-alcohol motifs (C(OH)–C–C–N with tert-alkyl or cyclic N) is 1. The second kappa shape index (κ2) is 9.59. The van der Waals surface area contributed by atoms with Gasteiger partial charge in [-0.25, -0.2) is 4.79 Å². The summed E-state index contributed by atoms with van der Waals surface area (Å²) in [5.74, 6) is -2.98. The van der Waals surface area contributed by atoms with Crippen molar-refractivity contribution in [1.82, 2.24) is 10.6 Å². The topological polar surface area (TPSA) is 119 Å². The molecule has 1 heterocycles. The summed E-state index contributed by atoms with van der Waals surface area (Å²) in [6, 6.07) is -0.665. The lowest BCUT2D eigenvalue weighted by molar-refractivity contribution is -0.192. The maximum Gasteiger partial charge on any atom is 0.490 e. The minimum absolute atomic E-state index is 0.227. The molecule has 1 saturated heterocycles. The van der Waals surface area contributed by atoms with Gasteiger partial charge in [0, 0.05) is 13.1 Å². The van der Waals surface area contributed by atoms with Crippen LogP contribution >= 0.6 is 0 Å². The monoisotopic (exact) mass is 330 g/mol. The third-order valence-corrected chi connectivity index (χ3v) is 2.89. The number of unbranched alkanes of at least 4 members (excludes halogenated alkanes) is 2. The Kier molecular flexibility index (Phi) is 8.99. The molecular formula is C12H21F3N2O5. The normalized spacial score (nSPS) is 24.4. The Hall–Kier alpha value is -1.39. The largest absolute Gasteiger partial charge is 0.490 e. The number of hydrogen-bond donors (Lipinski definition) is 5. The highest BCUT2D eigenvalue weighted by Gasteiger charge is 2.38. The molecule has 1 amide bonds. The molecule has 1 aliphatic rings. The molecule has 0 spiro atoms. The SMILES string of the molecule is CCCCCNC(=O)[C@H]1NC[C@H](O)[C@@H]1O.O=C(O)C(F)(F)F. The number of aliphatic carboxylic acids is 1. The van der Waals surface area contributed by atoms with Crippen LogP contribution in [0.2, 0.25) is 0 Å². The van der Waals surface area contributed by atoms with Crippen molar-refractivity contribution in [2.75, 3.05) is 13.1 Å². The quantitative estimate of drug-likeness (QED) is 0.439. The van der Waals surface area contributed by atoms with Crippen molar-refractivity contribution in [1.29, 1.82) is 0 Å². The molecule has 5 N–H and O–H groups in total. The maximum absolute atomic E-state index is 11.5. The molecule has 0 unspecified atom stereocenters. The van der Waals surface area contributed by atoms with Gasteiger partial charge >= 0.3 is 12.1 Å². The van der Waals surface area contributed by atoms with Gasteiger partial charge in [0.2, 0.25) is 5.91 Å². The van der Waals surface area contributed by atoms with Crippen LogP contribution in [0.5, 0.6) is 0 Å². The Bertz CT molecular complexity index is 365. The number of halogens is 3. The van der Waals surface area contributed by atoms with Crippen LogP contribution in [0.3, 0.4) is 0 Å². The van der Waals surface area contributed by atoms with Crippen molar-refractivity contribution in [2.45, 2.75) is 50.6 Å². The summed E-state index contributed by atoms with van der Waals surface area (Å²) in [5.41, 5.74) is 0. The van der Waals surface area contributed by atoms with E-state index in [1.54, 1.807) is 0 Å². The van der Waals surface area contributed by atoms with Gasteiger partial charge in [-0.2, -0.15) is 13.2 Å². The number of carbonyl (C=O) groups is 2. The summed E-state index contributed by atoms with van der Waals surface area (Å²) in [5, 5.41) is 31.3. The first-order valence-electron chi connectivity index (χ1n) is 6.78. The molecular weight excluding hydrogens is 309 g/mol. The minimum atomic E-state index is -5.08. The Morgan fingerprint density at radius 3 is 2.18 bits per heavy atom. The van der Waals surface area contributed by atoms with Crippen LogP contribution in [0.4, 0.5) is 13.2 Å². The number of alkyl halides is 3. The molecule has 0 aliphatic carbocycles. The number of carboxylic acids is 1. The molecule has 3 atom stereocenters. The van der Waals surface area contributed by atoms with Crippen molar-refractivity contribution in [3.05, 3.63) is 0 Å². The maximum atomic E-state index is 11.5. The van der Waals surface area contributed by atoms with E-state index in [0.29, 0.717) is 6.54 Å². The summed E-state index contributed by atoms with van der Waals surface area (Å²) >= 11 is 0. The fourth-order valence-electron chi connectivity index (χ4n) is 1.66. The summed E-state index contributed by atoms with van der Waals surface area (Å²) < 4.78 is 31.7. The van der Waals surface area contributed by atoms with Crippen LogP contribution in [0, 0.1) is 0 Å². The van der Waals surface area contributed by atoms with Crippen LogP contribution in [0.1, 0.15) is 26.2 Å². The first-order valence-corrected chi connectivity index (χ1v) is 6.78. The Morgan fingerprint density at radius 1 is 1.27 bits per heavy atom. The molecule has 1 aliphatic heterocycles. The number of aliphatic hydroxyl groups is 2. The molecule has 7 nitrogen and oxygen atoms in total. The summed E-state index contributed by atoms with van der Waals surface area (Å²) in [6.07, 6.45) is -3.76. The van der Waals surface area contributed by atoms with Gasteiger partial charge in [0.15, 0.2) is 0 Å². The lowest BCUT2D eigenvalue weighted by Crippen LogP contribution is -2.47. The van der Waals surface area contributed by atoms with Crippen molar-refractivity contribution < 1.29 is 38.1 Å². The van der Waals surface area contributed by atoms with Gasteiger partial charge in [0.25, 0.3) is 0 Å². The number of carboxylic acid groups (broad SMARTS) is 1. The first-order chi connectivity index (χ1) is 10.1. The summed E-state index contributed by atoms with van der Waals surface area (Å²) in [7, 11) is 0. The van der Waals surface area contributed by atoms with Gasteiger partial charge in [-0.05, 0) is 6.42 Å². The molecule has 22 heavy (non-hydrogen) atoms. The third-order valence-electron chi connectivity index (χ3n) is 2.89. The van der Waals surface area contributed by atoms with Gasteiger partial charge < -0.3 is 26.0 Å². The highest BCUT2D eigenvalue weighted by Crippen LogP contribution is 2.13. The lowest BCUT2D eigenvalue weighted by atomic mass is 10.1. The fraction of sp³-hybridized carbons (Fsp3) is 0.833. The van der Waals surface area contributed by atoms with Gasteiger partial charge in [-0.3, -0.25) is 4.79 Å². The zero-order valence-corrected chi connectivity index (χ0v) is 12.1. The van der Waals surface area contributed by atoms with Crippen molar-refractivity contribution in [3.8, 4) is 0 Å². The highest BCUT2D eigenvalue weighted by atomic mass is 19.4. The van der Waals surface area contributed by atoms with E-state index in [1.807, 2.05) is 0 Å². The Morgan fingerprint density at radius 2 is 1.82 bits per heavy atom. The van der Waals surface area contributed by atoms with Gasteiger partial charge in [-0.15, -0.1) is 0 Å². The third kappa shape index (κ3) is 7.57. The van der Waals surface area contributed by atoms with Crippen molar-refractivity contribution in [3.63, 3.8) is 0 Å². The van der Waals surface area contributed by atoms with E-state index < -0.39 is 30.4 Å². The zero-order chi connectivity index (χ0) is 17.3. The summed E-state index contributed by atoms with van der Waals surface area (Å²) in [6.45, 7) is 3.00. The van der Waals surface area contributed by atoms with E-state index in [1.165, 1.54) is 0 Å². The molecule has 0 aromatic rings. The first kappa shape index (κ1) is 20.6. The van der Waals surface area contributed by atoms with Crippen LogP contribution in [-0.2, 0) is 9.59 Å². The average molecular weight is 330 g/mol. The predicted molar refractivity (Wildman–Crippen MR) is 70.0 cm³/mol. The van der Waals surface area contributed by atoms with E-state index in [0.717, 1.165) is 19.3 Å². The van der Waals surface area contributed by atoms with Crippen LogP contribution in [0.15, 0.2) is 0 Å². The molecule has 0 bridgehead atoms. The Labute approximate surface area is 125 Å². The molecule has 1 rings (SSSR count). The standard InChI is InChI=1S/C10H20N2O3.C2HF3O2/c1-2-3-4-5-11-10(15)8-9(14)7(13)6-12-8;3-2(4,5)1(6)7/h7-9,12-14H,2-6H2,1H3,(H,11,15);(H,6,7)/t7-,8-,9-;/m0./s1. The highest BCUT2D eigenvalue weighted by molar-refractivity contribution is 5.82. The number of nitrogens with one attached hydrogen (secondary N) is 2. The summed E-state index contributed by atoms with van der Waals surface area (Å²) in [4.78, 5) is 20.4. The van der Waals surface area contributed by atoms with E-state index in [4.69, 9.17) is 9.90 Å². The average Bonchev–Trinajstić information content (AvgIpc) is 2.75. The second-order valence-electron chi connectivity index (χ2n) is 4.74. The molecule has 0 saturated carbocycles. The molecule has 0 aromatic heterocycles. The Balaban J connectivity index is 0.000000534. The van der Waals surface area contributed by atoms with Gasteiger partial charge in [0.05, 0.1) is 6.10 Å². The van der Waals surface area contributed by atoms with Gasteiger partial charge in [0.1, 0.15) is 12.1 Å². The molecule has 0 radical (unpaired) electrons. The van der Waals surface area contributed by atoms with Crippen LogP contribution in [-0.4, -0.2) is 64.7 Å². The van der Waals surface area contributed by atoms with Gasteiger partial charge in [-0.1, -0.05) is 19.8 Å². The minimum Gasteiger partial charge on any atom is -0.475 e. The second-order valence-corrected chi connectivity index (χ2v) is 4.74. The van der Waals surface area contributed by atoms with E-state index in [2.05, 4.69) is 17.6 Å². The molecule has 10 heteroatoms. The predicted octanol–water partition coefficient (Wildman–Crippen LogP) is -0.380. The number of carbonyl (C=O) groups excluding carboxylic acids is 1. The van der Waals surface area contributed by atoms with Crippen molar-refractivity contribution >= 4 is 11.9 Å². The van der Waals surface area contributed by atoms with E-state index in [-0.39, 0.29) is 12.5 Å². The van der Waals surface area contributed by atoms with Crippen molar-refractivity contribution in [2.24, 2.45) is 0 Å². The fourth-order valence-corrected chi connectivity index (χ4v) is 1.66. The van der Waals surface area contributed by atoms with E-state index >= 15 is 0 Å². The molecule has 1 fully saturated rings. The number of aliphatic hydroxyl groups excluding tert-OH is 2. The number of rotatable bonds is 5. The van der Waals surface area contributed by atoms with Crippen LogP contribution < -0.4 is 10.6 Å². The zero-order valence-electron chi connectivity index (χ0n) is 12.1. The number of amides is 1. The number of hydrogen-bond acceptors (Lipinski definition) is 5. The lowest BCUT2D eigenvalue weighted by Gasteiger charge is -2.15. The molecule has 130 valence electrons.